The Balaban J connectivity index is 1.83. The van der Waals surface area contributed by atoms with Gasteiger partial charge in [-0.2, -0.15) is 0 Å². The molecule has 1 aromatic heterocycles. The van der Waals surface area contributed by atoms with Gasteiger partial charge < -0.3 is 5.73 Å². The van der Waals surface area contributed by atoms with Crippen LogP contribution < -0.4 is 5.73 Å². The van der Waals surface area contributed by atoms with Gasteiger partial charge in [-0.1, -0.05) is 18.6 Å². The zero-order valence-electron chi connectivity index (χ0n) is 11.7. The lowest BCUT2D eigenvalue weighted by Gasteiger charge is -2.40. The fourth-order valence-corrected chi connectivity index (χ4v) is 2.85. The molecule has 3 rings (SSSR count). The quantitative estimate of drug-likeness (QED) is 0.939. The van der Waals surface area contributed by atoms with Crippen molar-refractivity contribution >= 4 is 11.5 Å². The summed E-state index contributed by atoms with van der Waals surface area (Å²) in [4.78, 5) is 17.1. The largest absolute Gasteiger partial charge is 0.397 e. The first-order valence-corrected chi connectivity index (χ1v) is 7.10. The molecular formula is C17H17FN2O. The molecule has 0 spiro atoms. The number of carbonyl (C=O) groups excluding carboxylic acids is 1. The van der Waals surface area contributed by atoms with E-state index in [1.54, 1.807) is 24.4 Å². The first-order chi connectivity index (χ1) is 10.1. The second-order valence-electron chi connectivity index (χ2n) is 5.64. The highest BCUT2D eigenvalue weighted by Crippen LogP contribution is 2.44. The number of rotatable bonds is 4. The Morgan fingerprint density at radius 3 is 2.43 bits per heavy atom. The van der Waals surface area contributed by atoms with Gasteiger partial charge in [0.05, 0.1) is 23.0 Å². The lowest BCUT2D eigenvalue weighted by atomic mass is 9.62. The SMILES string of the molecule is Nc1ccc(C2(C(=O)Cc3ccc(F)cc3)CCC2)nc1. The Bertz CT molecular complexity index is 645. The summed E-state index contributed by atoms with van der Waals surface area (Å²) in [6.07, 6.45) is 4.59. The van der Waals surface area contributed by atoms with Crippen LogP contribution in [0.25, 0.3) is 0 Å². The molecule has 21 heavy (non-hydrogen) atoms. The Hall–Kier alpha value is -2.23. The molecule has 0 bridgehead atoms. The van der Waals surface area contributed by atoms with E-state index < -0.39 is 5.41 Å². The van der Waals surface area contributed by atoms with Gasteiger partial charge in [0.1, 0.15) is 11.6 Å². The fourth-order valence-electron chi connectivity index (χ4n) is 2.85. The van der Waals surface area contributed by atoms with Gasteiger partial charge in [-0.05, 0) is 42.7 Å². The van der Waals surface area contributed by atoms with Gasteiger partial charge in [-0.15, -0.1) is 0 Å². The van der Waals surface area contributed by atoms with E-state index in [2.05, 4.69) is 4.98 Å². The number of carbonyl (C=O) groups is 1. The highest BCUT2D eigenvalue weighted by Gasteiger charge is 2.46. The Kier molecular flexibility index (Phi) is 3.45. The van der Waals surface area contributed by atoms with E-state index in [1.165, 1.54) is 12.1 Å². The van der Waals surface area contributed by atoms with Gasteiger partial charge in [0.15, 0.2) is 0 Å². The molecule has 1 aromatic carbocycles. The minimum atomic E-state index is -0.484. The predicted molar refractivity (Wildman–Crippen MR) is 79.3 cm³/mol. The average molecular weight is 284 g/mol. The number of halogens is 1. The third kappa shape index (κ3) is 2.53. The van der Waals surface area contributed by atoms with Gasteiger partial charge >= 0.3 is 0 Å². The minimum absolute atomic E-state index is 0.151. The lowest BCUT2D eigenvalue weighted by Crippen LogP contribution is -2.44. The van der Waals surface area contributed by atoms with Crippen molar-refractivity contribution in [3.63, 3.8) is 0 Å². The molecule has 0 atom stereocenters. The monoisotopic (exact) mass is 284 g/mol. The van der Waals surface area contributed by atoms with E-state index in [4.69, 9.17) is 5.73 Å². The summed E-state index contributed by atoms with van der Waals surface area (Å²) in [7, 11) is 0. The molecule has 0 unspecified atom stereocenters. The molecule has 2 aromatic rings. The zero-order chi connectivity index (χ0) is 14.9. The van der Waals surface area contributed by atoms with E-state index in [-0.39, 0.29) is 11.6 Å². The fraction of sp³-hybridized carbons (Fsp3) is 0.294. The second kappa shape index (κ2) is 5.28. The van der Waals surface area contributed by atoms with E-state index in [0.29, 0.717) is 12.1 Å². The van der Waals surface area contributed by atoms with Crippen molar-refractivity contribution < 1.29 is 9.18 Å². The van der Waals surface area contributed by atoms with Crippen LogP contribution in [0.5, 0.6) is 0 Å². The number of nitrogen functional groups attached to an aromatic ring is 1. The maximum atomic E-state index is 12.9. The Labute approximate surface area is 123 Å². The van der Waals surface area contributed by atoms with Gasteiger partial charge in [0, 0.05) is 6.42 Å². The molecule has 3 nitrogen and oxygen atoms in total. The number of pyridine rings is 1. The normalized spacial score (nSPS) is 16.2. The molecule has 108 valence electrons. The molecule has 0 radical (unpaired) electrons. The van der Waals surface area contributed by atoms with Crippen LogP contribution in [0.1, 0.15) is 30.5 Å². The standard InChI is InChI=1S/C17H17FN2O/c18-13-4-2-12(3-5-13)10-16(21)17(8-1-9-17)15-7-6-14(19)11-20-15/h2-7,11H,1,8-10,19H2. The average Bonchev–Trinajstić information content (AvgIpc) is 2.42. The minimum Gasteiger partial charge on any atom is -0.397 e. The van der Waals surface area contributed by atoms with Crippen LogP contribution in [-0.2, 0) is 16.6 Å². The summed E-state index contributed by atoms with van der Waals surface area (Å²) < 4.78 is 12.9. The van der Waals surface area contributed by atoms with Gasteiger partial charge in [0.2, 0.25) is 0 Å². The molecule has 0 saturated heterocycles. The molecule has 1 fully saturated rings. The van der Waals surface area contributed by atoms with Crippen LogP contribution in [0, 0.1) is 5.82 Å². The van der Waals surface area contributed by atoms with Crippen molar-refractivity contribution in [3.05, 3.63) is 59.7 Å². The highest BCUT2D eigenvalue weighted by molar-refractivity contribution is 5.92. The number of ketones is 1. The molecule has 1 heterocycles. The third-order valence-electron chi connectivity index (χ3n) is 4.30. The van der Waals surface area contributed by atoms with Crippen molar-refractivity contribution in [2.45, 2.75) is 31.1 Å². The number of nitrogens with two attached hydrogens (primary N) is 1. The smallest absolute Gasteiger partial charge is 0.149 e. The van der Waals surface area contributed by atoms with E-state index >= 15 is 0 Å². The summed E-state index contributed by atoms with van der Waals surface area (Å²) in [6.45, 7) is 0. The third-order valence-corrected chi connectivity index (χ3v) is 4.30. The highest BCUT2D eigenvalue weighted by atomic mass is 19.1. The van der Waals surface area contributed by atoms with Crippen LogP contribution in [0.3, 0.4) is 0 Å². The van der Waals surface area contributed by atoms with E-state index in [9.17, 15) is 9.18 Å². The maximum Gasteiger partial charge on any atom is 0.149 e. The van der Waals surface area contributed by atoms with Crippen LogP contribution in [0.15, 0.2) is 42.6 Å². The molecule has 4 heteroatoms. The maximum absolute atomic E-state index is 12.9. The summed E-state index contributed by atoms with van der Waals surface area (Å²) in [5, 5.41) is 0. The number of aromatic nitrogens is 1. The van der Waals surface area contributed by atoms with Crippen molar-refractivity contribution in [2.24, 2.45) is 0 Å². The molecular weight excluding hydrogens is 267 g/mol. The molecule has 1 aliphatic carbocycles. The molecule has 0 amide bonds. The molecule has 1 aliphatic rings. The van der Waals surface area contributed by atoms with Crippen molar-refractivity contribution in [1.29, 1.82) is 0 Å². The molecule has 1 saturated carbocycles. The van der Waals surface area contributed by atoms with Gasteiger partial charge in [-0.3, -0.25) is 9.78 Å². The van der Waals surface area contributed by atoms with Crippen LogP contribution in [0.4, 0.5) is 10.1 Å². The number of Topliss-reactive ketones (excluding diaryl/α,β-unsaturated/α-hetero) is 1. The predicted octanol–water partition coefficient (Wildman–Crippen LogP) is 3.04. The van der Waals surface area contributed by atoms with E-state index in [0.717, 1.165) is 30.5 Å². The van der Waals surface area contributed by atoms with Gasteiger partial charge in [-0.25, -0.2) is 4.39 Å². The topological polar surface area (TPSA) is 56.0 Å². The Morgan fingerprint density at radius 2 is 1.90 bits per heavy atom. The van der Waals surface area contributed by atoms with Crippen molar-refractivity contribution in [3.8, 4) is 0 Å². The molecule has 2 N–H and O–H groups in total. The van der Waals surface area contributed by atoms with Crippen LogP contribution >= 0.6 is 0 Å². The summed E-state index contributed by atoms with van der Waals surface area (Å²) in [5.41, 5.74) is 7.41. The van der Waals surface area contributed by atoms with E-state index in [1.807, 2.05) is 6.07 Å². The zero-order valence-corrected chi connectivity index (χ0v) is 11.7. The number of hydrogen-bond acceptors (Lipinski definition) is 3. The number of anilines is 1. The van der Waals surface area contributed by atoms with Crippen molar-refractivity contribution in [1.82, 2.24) is 4.98 Å². The summed E-state index contributed by atoms with van der Waals surface area (Å²) in [5.74, 6) is -0.137. The first kappa shape index (κ1) is 13.7. The lowest BCUT2D eigenvalue weighted by molar-refractivity contribution is -0.127. The van der Waals surface area contributed by atoms with Crippen molar-refractivity contribution in [2.75, 3.05) is 5.73 Å². The number of hydrogen-bond donors (Lipinski definition) is 1. The second-order valence-corrected chi connectivity index (χ2v) is 5.64. The van der Waals surface area contributed by atoms with Gasteiger partial charge in [0.25, 0.3) is 0 Å². The van der Waals surface area contributed by atoms with Crippen LogP contribution in [0.2, 0.25) is 0 Å². The Morgan fingerprint density at radius 1 is 1.19 bits per heavy atom. The summed E-state index contributed by atoms with van der Waals surface area (Å²) in [6, 6.07) is 9.73. The number of benzene rings is 1. The van der Waals surface area contributed by atoms with Crippen LogP contribution in [-0.4, -0.2) is 10.8 Å². The molecule has 0 aliphatic heterocycles. The first-order valence-electron chi connectivity index (χ1n) is 7.10. The number of nitrogens with zero attached hydrogens (tertiary/aromatic N) is 1. The summed E-state index contributed by atoms with van der Waals surface area (Å²) >= 11 is 0.